The van der Waals surface area contributed by atoms with Crippen LogP contribution in [0.1, 0.15) is 25.3 Å². The summed E-state index contributed by atoms with van der Waals surface area (Å²) in [5, 5.41) is 0. The number of hydrogen-bond donors (Lipinski definition) is 0. The molecule has 4 rings (SSSR count). The predicted octanol–water partition coefficient (Wildman–Crippen LogP) is 1.92. The Morgan fingerprint density at radius 3 is 2.10 bits per heavy atom. The average Bonchev–Trinajstić information content (AvgIpc) is 3.14. The smallest absolute Gasteiger partial charge is 0.240 e. The van der Waals surface area contributed by atoms with Crippen molar-refractivity contribution in [3.8, 4) is 0 Å². The quantitative estimate of drug-likeness (QED) is 0.772. The summed E-state index contributed by atoms with van der Waals surface area (Å²) in [6.45, 7) is 2.08. The van der Waals surface area contributed by atoms with Crippen LogP contribution in [0.4, 0.5) is 5.69 Å². The molecule has 3 heterocycles. The van der Waals surface area contributed by atoms with Crippen molar-refractivity contribution in [3.05, 3.63) is 29.8 Å². The van der Waals surface area contributed by atoms with E-state index < -0.39 is 0 Å². The maximum Gasteiger partial charge on any atom is 0.240 e. The van der Waals surface area contributed by atoms with Gasteiger partial charge in [0.1, 0.15) is 0 Å². The Bertz CT molecular complexity index is 552. The van der Waals surface area contributed by atoms with Gasteiger partial charge in [0.25, 0.3) is 0 Å². The number of aryl methyl sites for hydroxylation is 1. The van der Waals surface area contributed by atoms with Crippen LogP contribution in [0.5, 0.6) is 0 Å². The minimum atomic E-state index is -0.243. The maximum absolute atomic E-state index is 12.6. The zero-order valence-electron chi connectivity index (χ0n) is 11.4. The van der Waals surface area contributed by atoms with E-state index in [0.29, 0.717) is 5.69 Å². The van der Waals surface area contributed by atoms with Gasteiger partial charge >= 0.3 is 0 Å². The average molecular weight is 271 g/mol. The van der Waals surface area contributed by atoms with Gasteiger partial charge in [-0.1, -0.05) is 19.1 Å². The highest BCUT2D eigenvalue weighted by molar-refractivity contribution is 6.22. The monoisotopic (exact) mass is 271 g/mol. The van der Waals surface area contributed by atoms with E-state index in [4.69, 9.17) is 4.74 Å². The summed E-state index contributed by atoms with van der Waals surface area (Å²) in [7, 11) is 0. The molecule has 0 radical (unpaired) electrons. The van der Waals surface area contributed by atoms with Crippen LogP contribution < -0.4 is 4.90 Å². The molecule has 3 aliphatic rings. The molecule has 4 heteroatoms. The van der Waals surface area contributed by atoms with Crippen molar-refractivity contribution in [1.82, 2.24) is 0 Å². The van der Waals surface area contributed by atoms with Crippen LogP contribution in [-0.4, -0.2) is 24.0 Å². The summed E-state index contributed by atoms with van der Waals surface area (Å²) in [6, 6.07) is 7.71. The molecule has 1 aromatic carbocycles. The number of amides is 2. The van der Waals surface area contributed by atoms with Crippen molar-refractivity contribution in [1.29, 1.82) is 0 Å². The Hall–Kier alpha value is -1.68. The summed E-state index contributed by atoms with van der Waals surface area (Å²) in [5.41, 5.74) is 1.91. The van der Waals surface area contributed by atoms with Crippen molar-refractivity contribution in [2.24, 2.45) is 11.8 Å². The molecule has 4 nitrogen and oxygen atoms in total. The molecule has 4 unspecified atom stereocenters. The second kappa shape index (κ2) is 4.16. The molecule has 0 aromatic heterocycles. The molecule has 0 saturated carbocycles. The number of carbonyl (C=O) groups is 2. The SMILES string of the molecule is CCc1ccc(N2C(=O)C3C4CCC(O4)C3C2=O)cc1. The number of rotatable bonds is 2. The lowest BCUT2D eigenvalue weighted by Crippen LogP contribution is -2.34. The van der Waals surface area contributed by atoms with Gasteiger partial charge in [0.05, 0.1) is 29.7 Å². The Balaban J connectivity index is 1.69. The van der Waals surface area contributed by atoms with Crippen molar-refractivity contribution in [3.63, 3.8) is 0 Å². The summed E-state index contributed by atoms with van der Waals surface area (Å²) in [5.74, 6) is -0.632. The van der Waals surface area contributed by atoms with E-state index in [0.717, 1.165) is 19.3 Å². The summed E-state index contributed by atoms with van der Waals surface area (Å²) in [4.78, 5) is 26.5. The maximum atomic E-state index is 12.6. The molecule has 0 aliphatic carbocycles. The van der Waals surface area contributed by atoms with Gasteiger partial charge in [0, 0.05) is 0 Å². The van der Waals surface area contributed by atoms with Crippen molar-refractivity contribution in [2.45, 2.75) is 38.4 Å². The Morgan fingerprint density at radius 1 is 1.05 bits per heavy atom. The molecule has 104 valence electrons. The summed E-state index contributed by atoms with van der Waals surface area (Å²) in [6.07, 6.45) is 2.69. The van der Waals surface area contributed by atoms with Crippen LogP contribution in [0, 0.1) is 11.8 Å². The van der Waals surface area contributed by atoms with Crippen LogP contribution >= 0.6 is 0 Å². The second-order valence-electron chi connectivity index (χ2n) is 5.87. The van der Waals surface area contributed by atoms with E-state index in [9.17, 15) is 9.59 Å². The number of fused-ring (bicyclic) bond motifs is 5. The minimum absolute atomic E-state index is 0.0404. The van der Waals surface area contributed by atoms with E-state index in [1.54, 1.807) is 0 Å². The highest BCUT2D eigenvalue weighted by Gasteiger charge is 2.62. The normalized spacial score (nSPS) is 35.0. The topological polar surface area (TPSA) is 46.6 Å². The first-order valence-corrected chi connectivity index (χ1v) is 7.33. The largest absolute Gasteiger partial charge is 0.373 e. The number of imide groups is 1. The molecule has 2 bridgehead atoms. The molecule has 4 atom stereocenters. The molecule has 1 aromatic rings. The standard InChI is InChI=1S/C16H17NO3/c1-2-9-3-5-10(6-4-9)17-15(18)13-11-7-8-12(20-11)14(13)16(17)19/h3-6,11-14H,2,7-8H2,1H3. The van der Waals surface area contributed by atoms with Gasteiger partial charge in [0.15, 0.2) is 0 Å². The number of nitrogens with zero attached hydrogens (tertiary/aromatic N) is 1. The molecular formula is C16H17NO3. The zero-order valence-corrected chi connectivity index (χ0v) is 11.4. The van der Waals surface area contributed by atoms with Crippen molar-refractivity contribution in [2.75, 3.05) is 4.90 Å². The molecule has 3 aliphatic heterocycles. The van der Waals surface area contributed by atoms with Crippen molar-refractivity contribution >= 4 is 17.5 Å². The molecule has 2 amide bonds. The zero-order chi connectivity index (χ0) is 13.9. The number of carbonyl (C=O) groups excluding carboxylic acids is 2. The van der Waals surface area contributed by atoms with Gasteiger partial charge in [-0.3, -0.25) is 9.59 Å². The first kappa shape index (κ1) is 12.1. The van der Waals surface area contributed by atoms with Crippen LogP contribution in [0.3, 0.4) is 0 Å². The fraction of sp³-hybridized carbons (Fsp3) is 0.500. The first-order valence-electron chi connectivity index (χ1n) is 7.33. The van der Waals surface area contributed by atoms with Crippen molar-refractivity contribution < 1.29 is 14.3 Å². The van der Waals surface area contributed by atoms with E-state index >= 15 is 0 Å². The number of benzene rings is 1. The third-order valence-electron chi connectivity index (χ3n) is 4.89. The van der Waals surface area contributed by atoms with Gasteiger partial charge in [-0.25, -0.2) is 4.90 Å². The molecule has 3 fully saturated rings. The summed E-state index contributed by atoms with van der Waals surface area (Å²) < 4.78 is 5.73. The third-order valence-corrected chi connectivity index (χ3v) is 4.89. The summed E-state index contributed by atoms with van der Waals surface area (Å²) >= 11 is 0. The highest BCUT2D eigenvalue weighted by atomic mass is 16.5. The molecular weight excluding hydrogens is 254 g/mol. The van der Waals surface area contributed by atoms with Gasteiger partial charge in [-0.2, -0.15) is 0 Å². The van der Waals surface area contributed by atoms with Crippen LogP contribution in [0.2, 0.25) is 0 Å². The Labute approximate surface area is 117 Å². The Morgan fingerprint density at radius 2 is 1.60 bits per heavy atom. The first-order chi connectivity index (χ1) is 9.70. The number of anilines is 1. The number of hydrogen-bond acceptors (Lipinski definition) is 3. The molecule has 20 heavy (non-hydrogen) atoms. The van der Waals surface area contributed by atoms with Gasteiger partial charge in [-0.15, -0.1) is 0 Å². The fourth-order valence-electron chi connectivity index (χ4n) is 3.85. The van der Waals surface area contributed by atoms with Gasteiger partial charge in [-0.05, 0) is 37.0 Å². The lowest BCUT2D eigenvalue weighted by atomic mass is 9.81. The lowest BCUT2D eigenvalue weighted by Gasteiger charge is -2.17. The van der Waals surface area contributed by atoms with Gasteiger partial charge in [0.2, 0.25) is 11.8 Å². The minimum Gasteiger partial charge on any atom is -0.373 e. The van der Waals surface area contributed by atoms with Crippen LogP contribution in [0.25, 0.3) is 0 Å². The Kier molecular flexibility index (Phi) is 2.51. The predicted molar refractivity (Wildman–Crippen MR) is 73.2 cm³/mol. The number of ether oxygens (including phenoxy) is 1. The van der Waals surface area contributed by atoms with E-state index in [2.05, 4.69) is 6.92 Å². The van der Waals surface area contributed by atoms with E-state index in [-0.39, 0.29) is 35.9 Å². The second-order valence-corrected chi connectivity index (χ2v) is 5.87. The van der Waals surface area contributed by atoms with Crippen LogP contribution in [-0.2, 0) is 20.7 Å². The van der Waals surface area contributed by atoms with E-state index in [1.165, 1.54) is 10.5 Å². The fourth-order valence-corrected chi connectivity index (χ4v) is 3.85. The van der Waals surface area contributed by atoms with Gasteiger partial charge < -0.3 is 4.74 Å². The van der Waals surface area contributed by atoms with E-state index in [1.807, 2.05) is 24.3 Å². The molecule has 0 spiro atoms. The highest BCUT2D eigenvalue weighted by Crippen LogP contribution is 2.49. The van der Waals surface area contributed by atoms with Crippen LogP contribution in [0.15, 0.2) is 24.3 Å². The lowest BCUT2D eigenvalue weighted by molar-refractivity contribution is -0.124. The molecule has 3 saturated heterocycles. The molecule has 0 N–H and O–H groups in total. The third kappa shape index (κ3) is 1.45.